The van der Waals surface area contributed by atoms with E-state index in [2.05, 4.69) is 49.7 Å². The highest BCUT2D eigenvalue weighted by molar-refractivity contribution is 7.98. The van der Waals surface area contributed by atoms with Crippen LogP contribution in [0.15, 0.2) is 35.2 Å². The molecule has 0 saturated heterocycles. The van der Waals surface area contributed by atoms with E-state index in [0.717, 1.165) is 14.2 Å². The van der Waals surface area contributed by atoms with E-state index in [4.69, 9.17) is 23.2 Å². The Bertz CT molecular complexity index is 566. The molecule has 1 aromatic heterocycles. The van der Waals surface area contributed by atoms with Crippen LogP contribution in [0.4, 0.5) is 0 Å². The molecule has 2 rings (SSSR count). The van der Waals surface area contributed by atoms with Crippen LogP contribution in [0.1, 0.15) is 37.1 Å². The van der Waals surface area contributed by atoms with Crippen LogP contribution < -0.4 is 5.32 Å². The summed E-state index contributed by atoms with van der Waals surface area (Å²) < 4.78 is 1.50. The molecule has 2 aromatic rings. The second-order valence-corrected chi connectivity index (χ2v) is 7.83. The van der Waals surface area contributed by atoms with Gasteiger partial charge in [0, 0.05) is 17.0 Å². The molecule has 5 heteroatoms. The Labute approximate surface area is 138 Å². The first-order valence-corrected chi connectivity index (χ1v) is 9.15. The standard InChI is InChI=1S/C15H17Cl2NS2/c1-9(11-4-6-12(19-3)7-5-11)18-10(2)13-8-14(16)20-15(13)17/h4-10,18H,1-3H3. The first-order chi connectivity index (χ1) is 9.51. The molecule has 0 bridgehead atoms. The summed E-state index contributed by atoms with van der Waals surface area (Å²) in [5.74, 6) is 0. The maximum atomic E-state index is 6.20. The summed E-state index contributed by atoms with van der Waals surface area (Å²) in [6.45, 7) is 4.27. The predicted octanol–water partition coefficient (Wildman–Crippen LogP) is 6.19. The van der Waals surface area contributed by atoms with E-state index in [1.165, 1.54) is 21.8 Å². The molecule has 108 valence electrons. The van der Waals surface area contributed by atoms with Crippen molar-refractivity contribution < 1.29 is 0 Å². The predicted molar refractivity (Wildman–Crippen MR) is 92.5 cm³/mol. The van der Waals surface area contributed by atoms with Gasteiger partial charge in [-0.15, -0.1) is 23.1 Å². The molecule has 0 fully saturated rings. The van der Waals surface area contributed by atoms with Crippen molar-refractivity contribution in [3.8, 4) is 0 Å². The summed E-state index contributed by atoms with van der Waals surface area (Å²) >= 11 is 15.4. The molecule has 1 heterocycles. The molecule has 0 spiro atoms. The molecule has 1 nitrogen and oxygen atoms in total. The second kappa shape index (κ2) is 7.19. The van der Waals surface area contributed by atoms with Crippen molar-refractivity contribution in [3.05, 3.63) is 50.1 Å². The lowest BCUT2D eigenvalue weighted by Crippen LogP contribution is -2.22. The minimum absolute atomic E-state index is 0.168. The molecule has 0 saturated carbocycles. The third-order valence-electron chi connectivity index (χ3n) is 3.27. The number of nitrogens with one attached hydrogen (secondary N) is 1. The zero-order valence-corrected chi connectivity index (χ0v) is 14.8. The van der Waals surface area contributed by atoms with Crippen LogP contribution in [0.3, 0.4) is 0 Å². The molecule has 0 radical (unpaired) electrons. The van der Waals surface area contributed by atoms with Crippen molar-refractivity contribution in [2.45, 2.75) is 30.8 Å². The van der Waals surface area contributed by atoms with Gasteiger partial charge in [-0.25, -0.2) is 0 Å². The van der Waals surface area contributed by atoms with Gasteiger partial charge >= 0.3 is 0 Å². The molecule has 0 amide bonds. The van der Waals surface area contributed by atoms with Gasteiger partial charge in [-0.1, -0.05) is 35.3 Å². The fraction of sp³-hybridized carbons (Fsp3) is 0.333. The van der Waals surface area contributed by atoms with Gasteiger partial charge in [-0.2, -0.15) is 0 Å². The van der Waals surface area contributed by atoms with Crippen molar-refractivity contribution in [1.82, 2.24) is 5.32 Å². The lowest BCUT2D eigenvalue weighted by atomic mass is 10.1. The molecule has 1 N–H and O–H groups in total. The Morgan fingerprint density at radius 3 is 2.25 bits per heavy atom. The van der Waals surface area contributed by atoms with E-state index >= 15 is 0 Å². The third-order valence-corrected chi connectivity index (χ3v) is 5.53. The van der Waals surface area contributed by atoms with Crippen LogP contribution in [0.2, 0.25) is 8.67 Å². The van der Waals surface area contributed by atoms with Crippen LogP contribution >= 0.6 is 46.3 Å². The molecule has 0 aliphatic carbocycles. The molecule has 2 unspecified atom stereocenters. The minimum Gasteiger partial charge on any atom is -0.304 e. The summed E-state index contributed by atoms with van der Waals surface area (Å²) in [4.78, 5) is 1.28. The van der Waals surface area contributed by atoms with E-state index in [1.54, 1.807) is 11.8 Å². The van der Waals surface area contributed by atoms with Crippen LogP contribution in [0.25, 0.3) is 0 Å². The van der Waals surface area contributed by atoms with E-state index in [-0.39, 0.29) is 12.1 Å². The molecule has 0 aliphatic rings. The first kappa shape index (κ1) is 16.2. The smallest absolute Gasteiger partial charge is 0.0991 e. The van der Waals surface area contributed by atoms with Crippen LogP contribution in [-0.2, 0) is 0 Å². The molecule has 2 atom stereocenters. The molecular formula is C15H17Cl2NS2. The summed E-state index contributed by atoms with van der Waals surface area (Å²) in [6.07, 6.45) is 2.08. The highest BCUT2D eigenvalue weighted by Gasteiger charge is 2.16. The topological polar surface area (TPSA) is 12.0 Å². The number of benzene rings is 1. The Hall–Kier alpha value is -0.190. The summed E-state index contributed by atoms with van der Waals surface area (Å²) in [7, 11) is 0. The van der Waals surface area contributed by atoms with E-state index in [0.29, 0.717) is 0 Å². The number of hydrogen-bond donors (Lipinski definition) is 1. The maximum Gasteiger partial charge on any atom is 0.0991 e. The number of halogens is 2. The lowest BCUT2D eigenvalue weighted by Gasteiger charge is -2.20. The largest absolute Gasteiger partial charge is 0.304 e. The van der Waals surface area contributed by atoms with Gasteiger partial charge in [0.2, 0.25) is 0 Å². The maximum absolute atomic E-state index is 6.20. The summed E-state index contributed by atoms with van der Waals surface area (Å²) in [5.41, 5.74) is 2.33. The third kappa shape index (κ3) is 3.92. The zero-order chi connectivity index (χ0) is 14.7. The van der Waals surface area contributed by atoms with Crippen molar-refractivity contribution >= 4 is 46.3 Å². The Morgan fingerprint density at radius 1 is 1.10 bits per heavy atom. The Kier molecular flexibility index (Phi) is 5.82. The van der Waals surface area contributed by atoms with Gasteiger partial charge in [0.15, 0.2) is 0 Å². The Morgan fingerprint density at radius 2 is 1.75 bits per heavy atom. The fourth-order valence-electron chi connectivity index (χ4n) is 2.10. The van der Waals surface area contributed by atoms with Gasteiger partial charge in [0.1, 0.15) is 0 Å². The highest BCUT2D eigenvalue weighted by Crippen LogP contribution is 2.35. The van der Waals surface area contributed by atoms with Crippen LogP contribution in [0.5, 0.6) is 0 Å². The van der Waals surface area contributed by atoms with Gasteiger partial charge in [0.05, 0.1) is 8.67 Å². The summed E-state index contributed by atoms with van der Waals surface area (Å²) in [5, 5.41) is 3.56. The molecular weight excluding hydrogens is 329 g/mol. The normalized spacial score (nSPS) is 14.2. The molecule has 1 aromatic carbocycles. The molecule has 20 heavy (non-hydrogen) atoms. The quantitative estimate of drug-likeness (QED) is 0.648. The summed E-state index contributed by atoms with van der Waals surface area (Å²) in [6, 6.07) is 11.0. The van der Waals surface area contributed by atoms with Crippen molar-refractivity contribution in [3.63, 3.8) is 0 Å². The first-order valence-electron chi connectivity index (χ1n) is 6.36. The monoisotopic (exact) mass is 345 g/mol. The highest BCUT2D eigenvalue weighted by atomic mass is 35.5. The average Bonchev–Trinajstić information content (AvgIpc) is 2.78. The minimum atomic E-state index is 0.168. The molecule has 0 aliphatic heterocycles. The second-order valence-electron chi connectivity index (χ2n) is 4.66. The van der Waals surface area contributed by atoms with E-state index < -0.39 is 0 Å². The van der Waals surface area contributed by atoms with Gasteiger partial charge in [0.25, 0.3) is 0 Å². The fourth-order valence-corrected chi connectivity index (χ4v) is 4.16. The number of hydrogen-bond acceptors (Lipinski definition) is 3. The van der Waals surface area contributed by atoms with Crippen LogP contribution in [0, 0.1) is 0 Å². The van der Waals surface area contributed by atoms with Crippen LogP contribution in [-0.4, -0.2) is 6.26 Å². The van der Waals surface area contributed by atoms with Gasteiger partial charge in [-0.05, 0) is 49.4 Å². The van der Waals surface area contributed by atoms with Crippen molar-refractivity contribution in [1.29, 1.82) is 0 Å². The van der Waals surface area contributed by atoms with E-state index in [1.807, 2.05) is 6.07 Å². The number of thiophene rings is 1. The Balaban J connectivity index is 2.06. The SMILES string of the molecule is CSc1ccc(C(C)NC(C)c2cc(Cl)sc2Cl)cc1. The van der Waals surface area contributed by atoms with Gasteiger partial charge < -0.3 is 5.32 Å². The lowest BCUT2D eigenvalue weighted by molar-refractivity contribution is 0.495. The van der Waals surface area contributed by atoms with Gasteiger partial charge in [-0.3, -0.25) is 0 Å². The zero-order valence-electron chi connectivity index (χ0n) is 11.6. The number of rotatable bonds is 5. The number of thioether (sulfide) groups is 1. The average molecular weight is 346 g/mol. The van der Waals surface area contributed by atoms with Crippen molar-refractivity contribution in [2.24, 2.45) is 0 Å². The van der Waals surface area contributed by atoms with E-state index in [9.17, 15) is 0 Å². The van der Waals surface area contributed by atoms with Crippen molar-refractivity contribution in [2.75, 3.05) is 6.26 Å².